The van der Waals surface area contributed by atoms with Gasteiger partial charge in [0, 0.05) is 30.1 Å². The van der Waals surface area contributed by atoms with Crippen LogP contribution in [0.4, 0.5) is 5.82 Å². The average molecular weight is 410 g/mol. The molecule has 0 amide bonds. The second-order valence-electron chi connectivity index (χ2n) is 6.85. The van der Waals surface area contributed by atoms with Gasteiger partial charge in [-0.05, 0) is 42.8 Å². The summed E-state index contributed by atoms with van der Waals surface area (Å²) in [7, 11) is -3.43. The fourth-order valence-corrected chi connectivity index (χ4v) is 4.36. The second-order valence-corrected chi connectivity index (χ2v) is 8.73. The normalized spacial score (nSPS) is 17.3. The zero-order valence-electron chi connectivity index (χ0n) is 15.8. The smallest absolute Gasteiger partial charge is 0.235 e. The van der Waals surface area contributed by atoms with Gasteiger partial charge in [-0.1, -0.05) is 24.8 Å². The summed E-state index contributed by atoms with van der Waals surface area (Å²) >= 11 is 0. The number of sulfonamides is 1. The number of benzene rings is 2. The first-order chi connectivity index (χ1) is 14.0. The van der Waals surface area contributed by atoms with Crippen LogP contribution in [0.5, 0.6) is 11.5 Å². The van der Waals surface area contributed by atoms with E-state index in [9.17, 15) is 8.42 Å². The molecule has 1 aromatic heterocycles. The third-order valence-corrected chi connectivity index (χ3v) is 6.41. The predicted molar refractivity (Wildman–Crippen MR) is 113 cm³/mol. The van der Waals surface area contributed by atoms with Crippen LogP contribution >= 0.6 is 0 Å². The number of anilines is 1. The van der Waals surface area contributed by atoms with E-state index >= 15 is 0 Å². The molecule has 1 aliphatic heterocycles. The molecule has 0 radical (unpaired) electrons. The Labute approximate surface area is 170 Å². The minimum absolute atomic E-state index is 0.0980. The van der Waals surface area contributed by atoms with Crippen LogP contribution in [0.1, 0.15) is 12.5 Å². The van der Waals surface area contributed by atoms with Gasteiger partial charge >= 0.3 is 0 Å². The molecule has 0 aliphatic carbocycles. The number of ether oxygens (including phenoxy) is 1. The first-order valence-corrected chi connectivity index (χ1v) is 10.8. The van der Waals surface area contributed by atoms with E-state index in [1.54, 1.807) is 10.7 Å². The fourth-order valence-electron chi connectivity index (χ4n) is 3.41. The third kappa shape index (κ3) is 4.03. The highest BCUT2D eigenvalue weighted by molar-refractivity contribution is 7.92. The largest absolute Gasteiger partial charge is 0.457 e. The summed E-state index contributed by atoms with van der Waals surface area (Å²) in [6.45, 7) is 4.15. The van der Waals surface area contributed by atoms with Gasteiger partial charge in [-0.2, -0.15) is 9.40 Å². The van der Waals surface area contributed by atoms with E-state index in [1.807, 2.05) is 54.6 Å². The van der Waals surface area contributed by atoms with E-state index in [-0.39, 0.29) is 6.04 Å². The molecule has 29 heavy (non-hydrogen) atoms. The number of nitrogens with two attached hydrogens (primary N) is 1. The third-order valence-electron chi connectivity index (χ3n) is 4.94. The second kappa shape index (κ2) is 7.73. The van der Waals surface area contributed by atoms with Crippen LogP contribution in [-0.4, -0.2) is 35.6 Å². The topological polar surface area (TPSA) is 90.5 Å². The molecule has 8 heteroatoms. The molecule has 2 aromatic carbocycles. The molecule has 2 heterocycles. The summed E-state index contributed by atoms with van der Waals surface area (Å²) in [6.07, 6.45) is 0.655. The number of para-hydroxylation sites is 1. The van der Waals surface area contributed by atoms with Crippen molar-refractivity contribution >= 4 is 15.8 Å². The van der Waals surface area contributed by atoms with Crippen molar-refractivity contribution in [2.75, 3.05) is 18.8 Å². The zero-order valence-corrected chi connectivity index (χ0v) is 16.6. The van der Waals surface area contributed by atoms with Crippen molar-refractivity contribution in [2.45, 2.75) is 12.5 Å². The van der Waals surface area contributed by atoms with E-state index in [0.717, 1.165) is 28.2 Å². The molecule has 1 fully saturated rings. The van der Waals surface area contributed by atoms with Crippen molar-refractivity contribution in [1.82, 2.24) is 14.1 Å². The minimum atomic E-state index is -3.43. The van der Waals surface area contributed by atoms with Crippen LogP contribution in [0.15, 0.2) is 72.7 Å². The number of rotatable bonds is 6. The van der Waals surface area contributed by atoms with Crippen molar-refractivity contribution in [3.8, 4) is 22.8 Å². The predicted octanol–water partition coefficient (Wildman–Crippen LogP) is 3.64. The number of hydrogen-bond acceptors (Lipinski definition) is 5. The highest BCUT2D eigenvalue weighted by Crippen LogP contribution is 2.30. The lowest BCUT2D eigenvalue weighted by atomic mass is 10.1. The van der Waals surface area contributed by atoms with Crippen molar-refractivity contribution < 1.29 is 13.2 Å². The number of hydrogen-bond donors (Lipinski definition) is 1. The maximum atomic E-state index is 12.0. The van der Waals surface area contributed by atoms with E-state index in [0.29, 0.717) is 25.3 Å². The lowest BCUT2D eigenvalue weighted by molar-refractivity contribution is 0.443. The summed E-state index contributed by atoms with van der Waals surface area (Å²) in [5.74, 6) is 2.01. The zero-order chi connectivity index (χ0) is 20.4. The molecular formula is C21H22N4O3S. The maximum Gasteiger partial charge on any atom is 0.235 e. The summed E-state index contributed by atoms with van der Waals surface area (Å²) in [5, 5.41) is 5.60. The molecule has 3 aromatic rings. The number of nitrogen functional groups attached to an aromatic ring is 1. The summed E-state index contributed by atoms with van der Waals surface area (Å²) in [4.78, 5) is 0. The van der Waals surface area contributed by atoms with Crippen LogP contribution in [-0.2, 0) is 10.0 Å². The van der Waals surface area contributed by atoms with E-state index in [1.165, 1.54) is 4.31 Å². The van der Waals surface area contributed by atoms with Crippen LogP contribution in [0.3, 0.4) is 0 Å². The van der Waals surface area contributed by atoms with Gasteiger partial charge < -0.3 is 10.5 Å². The molecule has 2 N–H and O–H groups in total. The summed E-state index contributed by atoms with van der Waals surface area (Å²) < 4.78 is 32.9. The standard InChI is InChI=1S/C21H22N4O3S/c1-2-29(26,27)24-13-12-17(15-24)25-21(22)14-20(23-25)16-8-10-19(11-9-16)28-18-6-4-3-5-7-18/h2-11,14,17H,1,12-13,15,22H2. The monoisotopic (exact) mass is 410 g/mol. The molecule has 4 rings (SSSR count). The molecule has 0 spiro atoms. The number of aromatic nitrogens is 2. The van der Waals surface area contributed by atoms with Crippen molar-refractivity contribution in [1.29, 1.82) is 0 Å². The number of nitrogens with zero attached hydrogens (tertiary/aromatic N) is 3. The Morgan fingerprint density at radius 2 is 1.79 bits per heavy atom. The Morgan fingerprint density at radius 1 is 1.10 bits per heavy atom. The van der Waals surface area contributed by atoms with Gasteiger partial charge in [0.05, 0.1) is 11.7 Å². The average Bonchev–Trinajstić information content (AvgIpc) is 3.37. The molecule has 1 unspecified atom stereocenters. The fraction of sp³-hybridized carbons (Fsp3) is 0.190. The van der Waals surface area contributed by atoms with Gasteiger partial charge in [0.2, 0.25) is 10.0 Å². The lowest BCUT2D eigenvalue weighted by Gasteiger charge is -2.14. The minimum Gasteiger partial charge on any atom is -0.457 e. The first-order valence-electron chi connectivity index (χ1n) is 9.27. The van der Waals surface area contributed by atoms with E-state index in [2.05, 4.69) is 11.7 Å². The van der Waals surface area contributed by atoms with Gasteiger partial charge in [-0.15, -0.1) is 0 Å². The Morgan fingerprint density at radius 3 is 2.48 bits per heavy atom. The highest BCUT2D eigenvalue weighted by Gasteiger charge is 2.32. The van der Waals surface area contributed by atoms with Gasteiger partial charge in [0.25, 0.3) is 0 Å². The van der Waals surface area contributed by atoms with Crippen LogP contribution < -0.4 is 10.5 Å². The van der Waals surface area contributed by atoms with Crippen LogP contribution in [0, 0.1) is 0 Å². The maximum absolute atomic E-state index is 12.0. The Hall–Kier alpha value is -3.10. The lowest BCUT2D eigenvalue weighted by Crippen LogP contribution is -2.27. The van der Waals surface area contributed by atoms with E-state index < -0.39 is 10.0 Å². The van der Waals surface area contributed by atoms with E-state index in [4.69, 9.17) is 10.5 Å². The molecule has 1 saturated heterocycles. The molecular weight excluding hydrogens is 388 g/mol. The molecule has 1 aliphatic rings. The summed E-state index contributed by atoms with van der Waals surface area (Å²) in [6, 6.07) is 18.9. The SMILES string of the molecule is C=CS(=O)(=O)N1CCC(n2nc(-c3ccc(Oc4ccccc4)cc3)cc2N)C1. The van der Waals surface area contributed by atoms with Gasteiger partial charge in [0.15, 0.2) is 0 Å². The molecule has 0 bridgehead atoms. The van der Waals surface area contributed by atoms with Crippen LogP contribution in [0.2, 0.25) is 0 Å². The highest BCUT2D eigenvalue weighted by atomic mass is 32.2. The molecule has 1 atom stereocenters. The van der Waals surface area contributed by atoms with Gasteiger partial charge in [-0.25, -0.2) is 13.1 Å². The quantitative estimate of drug-likeness (QED) is 0.670. The van der Waals surface area contributed by atoms with Crippen LogP contribution in [0.25, 0.3) is 11.3 Å². The van der Waals surface area contributed by atoms with Crippen molar-refractivity contribution in [3.63, 3.8) is 0 Å². The Kier molecular flexibility index (Phi) is 5.12. The molecule has 0 saturated carbocycles. The summed E-state index contributed by atoms with van der Waals surface area (Å²) in [5.41, 5.74) is 7.81. The van der Waals surface area contributed by atoms with Crippen molar-refractivity contribution in [2.24, 2.45) is 0 Å². The Balaban J connectivity index is 1.50. The molecule has 150 valence electrons. The van der Waals surface area contributed by atoms with Gasteiger partial charge in [-0.3, -0.25) is 0 Å². The Bertz CT molecular complexity index is 1110. The first kappa shape index (κ1) is 19.2. The van der Waals surface area contributed by atoms with Gasteiger partial charge in [0.1, 0.15) is 17.3 Å². The van der Waals surface area contributed by atoms with Crippen molar-refractivity contribution in [3.05, 3.63) is 72.7 Å². The molecule has 7 nitrogen and oxygen atoms in total.